The van der Waals surface area contributed by atoms with Crippen LogP contribution in [0.25, 0.3) is 0 Å². The van der Waals surface area contributed by atoms with Gasteiger partial charge < -0.3 is 10.4 Å². The van der Waals surface area contributed by atoms with E-state index in [-0.39, 0.29) is 24.9 Å². The Morgan fingerprint density at radius 3 is 2.90 bits per heavy atom. The summed E-state index contributed by atoms with van der Waals surface area (Å²) in [5.74, 6) is 0.793. The Hall–Kier alpha value is -0.800. The number of rotatable bonds is 5. The summed E-state index contributed by atoms with van der Waals surface area (Å²) in [4.78, 5) is 25.0. The maximum absolute atomic E-state index is 12.2. The van der Waals surface area contributed by atoms with Crippen LogP contribution in [0.1, 0.15) is 6.42 Å². The van der Waals surface area contributed by atoms with Gasteiger partial charge in [0.2, 0.25) is 5.91 Å². The number of aliphatic carboxylic acids is 1. The quantitative estimate of drug-likeness (QED) is 0.715. The van der Waals surface area contributed by atoms with Crippen molar-refractivity contribution in [3.63, 3.8) is 0 Å². The largest absolute Gasteiger partial charge is 0.481 e. The van der Waals surface area contributed by atoms with Gasteiger partial charge in [-0.3, -0.25) is 14.5 Å². The van der Waals surface area contributed by atoms with Crippen LogP contribution in [0, 0.1) is 3.57 Å². The second-order valence-electron chi connectivity index (χ2n) is 4.83. The van der Waals surface area contributed by atoms with Crippen molar-refractivity contribution in [2.75, 3.05) is 29.9 Å². The van der Waals surface area contributed by atoms with Gasteiger partial charge in [-0.25, -0.2) is 0 Å². The van der Waals surface area contributed by atoms with E-state index >= 15 is 0 Å². The van der Waals surface area contributed by atoms with Gasteiger partial charge in [0.1, 0.15) is 0 Å². The molecule has 5 nitrogen and oxygen atoms in total. The van der Waals surface area contributed by atoms with Crippen LogP contribution >= 0.6 is 34.4 Å². The predicted molar refractivity (Wildman–Crippen MR) is 92.7 cm³/mol. The fraction of sp³-hybridized carbons (Fsp3) is 0.429. The van der Waals surface area contributed by atoms with Gasteiger partial charge in [0.05, 0.1) is 18.7 Å². The fourth-order valence-electron chi connectivity index (χ4n) is 2.22. The first-order valence-corrected chi connectivity index (χ1v) is 8.87. The van der Waals surface area contributed by atoms with Gasteiger partial charge in [-0.2, -0.15) is 11.8 Å². The Kier molecular flexibility index (Phi) is 6.31. The fourth-order valence-corrected chi connectivity index (χ4v) is 3.88. The molecule has 1 heterocycles. The van der Waals surface area contributed by atoms with Gasteiger partial charge in [0.25, 0.3) is 0 Å². The molecular formula is C14H17IN2O3S. The second kappa shape index (κ2) is 8.00. The maximum atomic E-state index is 12.2. The molecule has 1 saturated heterocycles. The van der Waals surface area contributed by atoms with E-state index in [2.05, 4.69) is 27.9 Å². The molecule has 2 N–H and O–H groups in total. The lowest BCUT2D eigenvalue weighted by atomic mass is 10.2. The number of amides is 1. The molecule has 1 aromatic carbocycles. The number of nitrogens with one attached hydrogen (secondary N) is 1. The summed E-state index contributed by atoms with van der Waals surface area (Å²) >= 11 is 3.92. The van der Waals surface area contributed by atoms with E-state index < -0.39 is 5.97 Å². The van der Waals surface area contributed by atoms with Crippen LogP contribution in [0.15, 0.2) is 24.3 Å². The molecule has 2 rings (SSSR count). The lowest BCUT2D eigenvalue weighted by Gasteiger charge is -2.33. The SMILES string of the molecule is O=C(O)CC1CSCCN1CC(=O)Nc1ccccc1I. The molecule has 1 aliphatic rings. The third-order valence-electron chi connectivity index (χ3n) is 3.25. The van der Waals surface area contributed by atoms with Gasteiger partial charge >= 0.3 is 5.97 Å². The summed E-state index contributed by atoms with van der Waals surface area (Å²) in [5, 5.41) is 11.8. The van der Waals surface area contributed by atoms with Gasteiger partial charge in [0.15, 0.2) is 0 Å². The van der Waals surface area contributed by atoms with E-state index in [0.29, 0.717) is 0 Å². The molecule has 0 aliphatic carbocycles. The van der Waals surface area contributed by atoms with E-state index in [1.54, 1.807) is 11.8 Å². The minimum atomic E-state index is -0.814. The van der Waals surface area contributed by atoms with Gasteiger partial charge in [-0.1, -0.05) is 12.1 Å². The molecule has 1 unspecified atom stereocenters. The monoisotopic (exact) mass is 420 g/mol. The molecule has 7 heteroatoms. The summed E-state index contributed by atoms with van der Waals surface area (Å²) in [6.07, 6.45) is 0.0865. The zero-order valence-corrected chi connectivity index (χ0v) is 14.4. The maximum Gasteiger partial charge on any atom is 0.304 e. The summed E-state index contributed by atoms with van der Waals surface area (Å²) in [6, 6.07) is 7.52. The molecule has 0 bridgehead atoms. The Morgan fingerprint density at radius 1 is 1.43 bits per heavy atom. The summed E-state index contributed by atoms with van der Waals surface area (Å²) in [5.41, 5.74) is 0.796. The minimum Gasteiger partial charge on any atom is -0.481 e. The molecule has 1 aliphatic heterocycles. The number of carbonyl (C=O) groups excluding carboxylic acids is 1. The summed E-state index contributed by atoms with van der Waals surface area (Å²) in [6.45, 7) is 0.991. The third-order valence-corrected chi connectivity index (χ3v) is 5.29. The first-order valence-electron chi connectivity index (χ1n) is 6.64. The normalized spacial score (nSPS) is 19.2. The van der Waals surface area contributed by atoms with Crippen LogP contribution < -0.4 is 5.32 Å². The third kappa shape index (κ3) is 5.15. The van der Waals surface area contributed by atoms with Crippen molar-refractivity contribution < 1.29 is 14.7 Å². The van der Waals surface area contributed by atoms with Crippen LogP contribution in [0.5, 0.6) is 0 Å². The number of anilines is 1. The molecule has 114 valence electrons. The van der Waals surface area contributed by atoms with E-state index in [0.717, 1.165) is 27.3 Å². The number of carboxylic acids is 1. The molecule has 1 aromatic rings. The van der Waals surface area contributed by atoms with Crippen LogP contribution in [-0.2, 0) is 9.59 Å². The van der Waals surface area contributed by atoms with E-state index in [1.807, 2.05) is 29.2 Å². The number of benzene rings is 1. The topological polar surface area (TPSA) is 69.6 Å². The molecular weight excluding hydrogens is 403 g/mol. The Balaban J connectivity index is 1.94. The Bertz CT molecular complexity index is 527. The first-order chi connectivity index (χ1) is 10.1. The van der Waals surface area contributed by atoms with Crippen molar-refractivity contribution in [2.24, 2.45) is 0 Å². The van der Waals surface area contributed by atoms with Gasteiger partial charge in [-0.15, -0.1) is 0 Å². The average Bonchev–Trinajstić information content (AvgIpc) is 2.43. The van der Waals surface area contributed by atoms with Crippen molar-refractivity contribution in [3.05, 3.63) is 27.8 Å². The number of hydrogen-bond donors (Lipinski definition) is 2. The van der Waals surface area contributed by atoms with Gasteiger partial charge in [-0.05, 0) is 34.7 Å². The van der Waals surface area contributed by atoms with E-state index in [4.69, 9.17) is 5.11 Å². The molecule has 1 amide bonds. The van der Waals surface area contributed by atoms with Crippen molar-refractivity contribution in [1.29, 1.82) is 0 Å². The molecule has 0 aromatic heterocycles. The Morgan fingerprint density at radius 2 is 2.19 bits per heavy atom. The molecule has 0 saturated carbocycles. The molecule has 1 atom stereocenters. The average molecular weight is 420 g/mol. The van der Waals surface area contributed by atoms with Gasteiger partial charge in [0, 0.05) is 27.7 Å². The number of carbonyl (C=O) groups is 2. The van der Waals surface area contributed by atoms with Crippen LogP contribution in [0.3, 0.4) is 0 Å². The highest BCUT2D eigenvalue weighted by molar-refractivity contribution is 14.1. The predicted octanol–water partition coefficient (Wildman–Crippen LogP) is 2.12. The second-order valence-corrected chi connectivity index (χ2v) is 7.14. The Labute approximate surface area is 141 Å². The van der Waals surface area contributed by atoms with Crippen LogP contribution in [0.4, 0.5) is 5.69 Å². The van der Waals surface area contributed by atoms with Crippen molar-refractivity contribution >= 4 is 51.9 Å². The van der Waals surface area contributed by atoms with E-state index in [9.17, 15) is 9.59 Å². The zero-order chi connectivity index (χ0) is 15.2. The van der Waals surface area contributed by atoms with Crippen molar-refractivity contribution in [3.8, 4) is 0 Å². The highest BCUT2D eigenvalue weighted by Crippen LogP contribution is 2.20. The number of carboxylic acid groups (broad SMARTS) is 1. The molecule has 1 fully saturated rings. The molecule has 0 radical (unpaired) electrons. The number of thioether (sulfide) groups is 1. The number of hydrogen-bond acceptors (Lipinski definition) is 4. The number of nitrogens with zero attached hydrogens (tertiary/aromatic N) is 1. The number of para-hydroxylation sites is 1. The van der Waals surface area contributed by atoms with Crippen LogP contribution in [0.2, 0.25) is 0 Å². The van der Waals surface area contributed by atoms with Crippen molar-refractivity contribution in [2.45, 2.75) is 12.5 Å². The first kappa shape index (κ1) is 16.6. The molecule has 0 spiro atoms. The van der Waals surface area contributed by atoms with E-state index in [1.165, 1.54) is 0 Å². The highest BCUT2D eigenvalue weighted by atomic mass is 127. The lowest BCUT2D eigenvalue weighted by molar-refractivity contribution is -0.138. The zero-order valence-electron chi connectivity index (χ0n) is 11.4. The van der Waals surface area contributed by atoms with Crippen LogP contribution in [-0.4, -0.2) is 52.5 Å². The summed E-state index contributed by atoms with van der Waals surface area (Å²) in [7, 11) is 0. The number of halogens is 1. The van der Waals surface area contributed by atoms with Crippen molar-refractivity contribution in [1.82, 2.24) is 4.90 Å². The highest BCUT2D eigenvalue weighted by Gasteiger charge is 2.26. The molecule has 21 heavy (non-hydrogen) atoms. The minimum absolute atomic E-state index is 0.0677. The lowest BCUT2D eigenvalue weighted by Crippen LogP contribution is -2.47. The standard InChI is InChI=1S/C14H17IN2O3S/c15-11-3-1-2-4-12(11)16-13(18)8-17-5-6-21-9-10(17)7-14(19)20/h1-4,10H,5-9H2,(H,16,18)(H,19,20). The smallest absolute Gasteiger partial charge is 0.304 e. The summed E-state index contributed by atoms with van der Waals surface area (Å²) < 4.78 is 0.986.